The minimum atomic E-state index is -0.724. The third-order valence-corrected chi connectivity index (χ3v) is 5.22. The van der Waals surface area contributed by atoms with Crippen molar-refractivity contribution in [3.8, 4) is 16.5 Å². The second kappa shape index (κ2) is 9.37. The first-order valence-electron chi connectivity index (χ1n) is 8.29. The summed E-state index contributed by atoms with van der Waals surface area (Å²) >= 11 is 1.25. The summed E-state index contributed by atoms with van der Waals surface area (Å²) in [7, 11) is 0. The maximum Gasteiger partial charge on any atom is 0.317 e. The van der Waals surface area contributed by atoms with Gasteiger partial charge in [0, 0.05) is 17.5 Å². The number of primary amides is 1. The molecule has 1 aliphatic rings. The number of carbonyl (C=O) groups excluding carboxylic acids is 2. The Kier molecular flexibility index (Phi) is 7.19. The van der Waals surface area contributed by atoms with Crippen molar-refractivity contribution in [2.75, 3.05) is 18.4 Å². The molecule has 0 saturated carbocycles. The van der Waals surface area contributed by atoms with E-state index in [4.69, 9.17) is 11.0 Å². The SMILES string of the molecule is Cl.N#Cc1cccc(-c2cc(C(=O)N[C@H]3CCCNC3)c(NC(N)=O)s2)c1. The first-order chi connectivity index (χ1) is 12.6. The van der Waals surface area contributed by atoms with Gasteiger partial charge >= 0.3 is 6.03 Å². The van der Waals surface area contributed by atoms with E-state index in [1.54, 1.807) is 24.3 Å². The van der Waals surface area contributed by atoms with Gasteiger partial charge in [0.1, 0.15) is 5.00 Å². The van der Waals surface area contributed by atoms with Crippen LogP contribution in [0.5, 0.6) is 0 Å². The first kappa shape index (κ1) is 20.7. The molecule has 0 spiro atoms. The van der Waals surface area contributed by atoms with Crippen molar-refractivity contribution in [3.63, 3.8) is 0 Å². The zero-order chi connectivity index (χ0) is 18.5. The molecule has 3 rings (SSSR count). The molecule has 2 heterocycles. The molecule has 1 saturated heterocycles. The monoisotopic (exact) mass is 405 g/mol. The van der Waals surface area contributed by atoms with Crippen LogP contribution in [0.1, 0.15) is 28.8 Å². The number of amides is 3. The number of nitriles is 1. The number of urea groups is 1. The standard InChI is InChI=1S/C18H19N5O2S.ClH/c19-9-11-3-1-4-12(7-11)15-8-14(17(26-15)23-18(20)25)16(24)22-13-5-2-6-21-10-13;/h1,3-4,7-8,13,21H,2,5-6,10H2,(H,22,24)(H3,20,23,25);1H/t13-;/m0./s1. The summed E-state index contributed by atoms with van der Waals surface area (Å²) in [4.78, 5) is 24.8. The highest BCUT2D eigenvalue weighted by atomic mass is 35.5. The van der Waals surface area contributed by atoms with Crippen LogP contribution in [-0.2, 0) is 0 Å². The number of anilines is 1. The molecule has 9 heteroatoms. The fourth-order valence-corrected chi connectivity index (χ4v) is 3.94. The van der Waals surface area contributed by atoms with Crippen molar-refractivity contribution in [2.45, 2.75) is 18.9 Å². The molecule has 0 aliphatic carbocycles. The van der Waals surface area contributed by atoms with E-state index in [9.17, 15) is 9.59 Å². The number of rotatable bonds is 4. The third-order valence-electron chi connectivity index (χ3n) is 4.12. The molecule has 142 valence electrons. The average Bonchev–Trinajstić information content (AvgIpc) is 3.06. The molecule has 0 radical (unpaired) electrons. The number of piperidine rings is 1. The maximum absolute atomic E-state index is 12.7. The Labute approximate surface area is 167 Å². The Morgan fingerprint density at radius 3 is 2.81 bits per heavy atom. The summed E-state index contributed by atoms with van der Waals surface area (Å²) in [6, 6.07) is 10.2. The number of benzene rings is 1. The van der Waals surface area contributed by atoms with E-state index in [0.29, 0.717) is 16.1 Å². The van der Waals surface area contributed by atoms with Gasteiger partial charge in [-0.1, -0.05) is 12.1 Å². The van der Waals surface area contributed by atoms with Crippen LogP contribution in [0.4, 0.5) is 9.80 Å². The first-order valence-corrected chi connectivity index (χ1v) is 9.11. The van der Waals surface area contributed by atoms with Crippen LogP contribution in [-0.4, -0.2) is 31.1 Å². The predicted molar refractivity (Wildman–Crippen MR) is 108 cm³/mol. The maximum atomic E-state index is 12.7. The summed E-state index contributed by atoms with van der Waals surface area (Å²) in [6.45, 7) is 1.68. The summed E-state index contributed by atoms with van der Waals surface area (Å²) < 4.78 is 0. The van der Waals surface area contributed by atoms with Crippen LogP contribution in [0, 0.1) is 11.3 Å². The largest absolute Gasteiger partial charge is 0.351 e. The summed E-state index contributed by atoms with van der Waals surface area (Å²) in [6.07, 6.45) is 1.92. The number of hydrogen-bond donors (Lipinski definition) is 4. The number of thiophene rings is 1. The summed E-state index contributed by atoms with van der Waals surface area (Å²) in [5.41, 5.74) is 6.95. The minimum Gasteiger partial charge on any atom is -0.351 e. The Morgan fingerprint density at radius 1 is 1.33 bits per heavy atom. The Bertz CT molecular complexity index is 871. The van der Waals surface area contributed by atoms with Crippen LogP contribution in [0.3, 0.4) is 0 Å². The Morgan fingerprint density at radius 2 is 2.15 bits per heavy atom. The number of carbonyl (C=O) groups is 2. The van der Waals surface area contributed by atoms with Gasteiger partial charge in [0.05, 0.1) is 17.2 Å². The minimum absolute atomic E-state index is 0. The van der Waals surface area contributed by atoms with Gasteiger partial charge < -0.3 is 16.4 Å². The lowest BCUT2D eigenvalue weighted by Gasteiger charge is -2.23. The predicted octanol–water partition coefficient (Wildman–Crippen LogP) is 2.68. The molecule has 0 bridgehead atoms. The van der Waals surface area contributed by atoms with Crippen LogP contribution < -0.4 is 21.7 Å². The van der Waals surface area contributed by atoms with Crippen molar-refractivity contribution in [3.05, 3.63) is 41.5 Å². The highest BCUT2D eigenvalue weighted by Crippen LogP contribution is 2.36. The zero-order valence-electron chi connectivity index (χ0n) is 14.5. The zero-order valence-corrected chi connectivity index (χ0v) is 16.1. The fourth-order valence-electron chi connectivity index (χ4n) is 2.89. The van der Waals surface area contributed by atoms with Crippen molar-refractivity contribution < 1.29 is 9.59 Å². The fraction of sp³-hybridized carbons (Fsp3) is 0.278. The molecule has 3 amide bonds. The van der Waals surface area contributed by atoms with Gasteiger partial charge in [0.2, 0.25) is 0 Å². The third kappa shape index (κ3) is 5.20. The van der Waals surface area contributed by atoms with E-state index in [1.165, 1.54) is 11.3 Å². The molecule has 0 unspecified atom stereocenters. The lowest BCUT2D eigenvalue weighted by atomic mass is 10.1. The topological polar surface area (TPSA) is 120 Å². The molecule has 1 aliphatic heterocycles. The lowest BCUT2D eigenvalue weighted by molar-refractivity contribution is 0.0932. The van der Waals surface area contributed by atoms with E-state index in [-0.39, 0.29) is 24.4 Å². The molecule has 1 aromatic carbocycles. The normalized spacial score (nSPS) is 15.9. The summed E-state index contributed by atoms with van der Waals surface area (Å²) in [5.74, 6) is -0.249. The number of hydrogen-bond acceptors (Lipinski definition) is 5. The quantitative estimate of drug-likeness (QED) is 0.624. The van der Waals surface area contributed by atoms with Crippen LogP contribution >= 0.6 is 23.7 Å². The smallest absolute Gasteiger partial charge is 0.317 e. The molecule has 1 aromatic heterocycles. The van der Waals surface area contributed by atoms with Gasteiger partial charge in [-0.05, 0) is 43.1 Å². The van der Waals surface area contributed by atoms with Crippen molar-refractivity contribution >= 4 is 40.7 Å². The second-order valence-corrected chi connectivity index (χ2v) is 7.10. The van der Waals surface area contributed by atoms with Gasteiger partial charge in [-0.3, -0.25) is 10.1 Å². The number of nitrogens with two attached hydrogens (primary N) is 1. The lowest BCUT2D eigenvalue weighted by Crippen LogP contribution is -2.45. The Balaban J connectivity index is 0.00000261. The molecular weight excluding hydrogens is 386 g/mol. The molecule has 5 N–H and O–H groups in total. The van der Waals surface area contributed by atoms with Crippen molar-refractivity contribution in [1.82, 2.24) is 10.6 Å². The van der Waals surface area contributed by atoms with Crippen molar-refractivity contribution in [2.24, 2.45) is 5.73 Å². The molecule has 2 aromatic rings. The van der Waals surface area contributed by atoms with Crippen LogP contribution in [0.25, 0.3) is 10.4 Å². The molecule has 27 heavy (non-hydrogen) atoms. The Hall–Kier alpha value is -2.60. The highest BCUT2D eigenvalue weighted by Gasteiger charge is 2.22. The van der Waals surface area contributed by atoms with Crippen molar-refractivity contribution in [1.29, 1.82) is 5.26 Å². The number of halogens is 1. The van der Waals surface area contributed by atoms with Gasteiger partial charge in [-0.15, -0.1) is 23.7 Å². The van der Waals surface area contributed by atoms with E-state index < -0.39 is 6.03 Å². The average molecular weight is 406 g/mol. The summed E-state index contributed by atoms with van der Waals surface area (Å²) in [5, 5.41) is 18.2. The molecular formula is C18H20ClN5O2S. The second-order valence-electron chi connectivity index (χ2n) is 6.05. The van der Waals surface area contributed by atoms with E-state index in [1.807, 2.05) is 6.07 Å². The highest BCUT2D eigenvalue weighted by molar-refractivity contribution is 7.20. The van der Waals surface area contributed by atoms with Gasteiger partial charge in [-0.2, -0.15) is 5.26 Å². The number of nitrogens with zero attached hydrogens (tertiary/aromatic N) is 1. The molecule has 1 atom stereocenters. The van der Waals surface area contributed by atoms with Gasteiger partial charge in [-0.25, -0.2) is 4.79 Å². The van der Waals surface area contributed by atoms with E-state index in [0.717, 1.165) is 36.4 Å². The van der Waals surface area contributed by atoms with Crippen LogP contribution in [0.15, 0.2) is 30.3 Å². The molecule has 7 nitrogen and oxygen atoms in total. The number of nitrogens with one attached hydrogen (secondary N) is 3. The van der Waals surface area contributed by atoms with E-state index >= 15 is 0 Å². The van der Waals surface area contributed by atoms with Crippen LogP contribution in [0.2, 0.25) is 0 Å². The van der Waals surface area contributed by atoms with Gasteiger partial charge in [0.25, 0.3) is 5.91 Å². The van der Waals surface area contributed by atoms with Gasteiger partial charge in [0.15, 0.2) is 0 Å². The molecule has 1 fully saturated rings. The van der Waals surface area contributed by atoms with E-state index in [2.05, 4.69) is 22.0 Å².